The van der Waals surface area contributed by atoms with E-state index in [1.807, 2.05) is 24.3 Å². The monoisotopic (exact) mass is 404 g/mol. The highest BCUT2D eigenvalue weighted by Crippen LogP contribution is 2.29. The Balaban J connectivity index is 2.22. The first kappa shape index (κ1) is 22.9. The molecule has 0 aromatic heterocycles. The van der Waals surface area contributed by atoms with Crippen molar-refractivity contribution >= 4 is 20.9 Å². The summed E-state index contributed by atoms with van der Waals surface area (Å²) in [6.07, 6.45) is 13.3. The molecule has 2 aromatic rings. The fourth-order valence-electron chi connectivity index (χ4n) is 3.89. The van der Waals surface area contributed by atoms with E-state index >= 15 is 0 Å². The molecule has 0 aliphatic heterocycles. The van der Waals surface area contributed by atoms with Gasteiger partial charge in [0.15, 0.2) is 0 Å². The van der Waals surface area contributed by atoms with Gasteiger partial charge in [-0.2, -0.15) is 8.42 Å². The molecule has 0 radical (unpaired) electrons. The normalized spacial score (nSPS) is 12.0. The molecule has 4 heteroatoms. The Morgan fingerprint density at radius 3 is 1.93 bits per heavy atom. The SMILES string of the molecule is CCCCCCCc1ccc2ccc(CCCCCCC)c(S(=O)(=O)O)c2c1. The quantitative estimate of drug-likeness (QED) is 0.286. The molecule has 0 spiro atoms. The third-order valence-corrected chi connectivity index (χ3v) is 6.49. The third-order valence-electron chi connectivity index (χ3n) is 5.49. The lowest BCUT2D eigenvalue weighted by Crippen LogP contribution is -2.05. The first-order chi connectivity index (χ1) is 13.5. The molecule has 28 heavy (non-hydrogen) atoms. The van der Waals surface area contributed by atoms with Crippen molar-refractivity contribution in [2.45, 2.75) is 95.8 Å². The van der Waals surface area contributed by atoms with Crippen molar-refractivity contribution < 1.29 is 13.0 Å². The van der Waals surface area contributed by atoms with Crippen LogP contribution in [0.25, 0.3) is 10.8 Å². The molecule has 0 aliphatic rings. The van der Waals surface area contributed by atoms with Gasteiger partial charge in [0.2, 0.25) is 0 Å². The van der Waals surface area contributed by atoms with Crippen molar-refractivity contribution in [3.63, 3.8) is 0 Å². The average Bonchev–Trinajstić information content (AvgIpc) is 2.66. The van der Waals surface area contributed by atoms with Crippen LogP contribution in [-0.2, 0) is 23.0 Å². The van der Waals surface area contributed by atoms with Crippen molar-refractivity contribution in [1.29, 1.82) is 0 Å². The van der Waals surface area contributed by atoms with E-state index in [2.05, 4.69) is 19.9 Å². The molecule has 3 nitrogen and oxygen atoms in total. The number of unbranched alkanes of at least 4 members (excludes halogenated alkanes) is 8. The Labute approximate surface area is 171 Å². The van der Waals surface area contributed by atoms with Crippen LogP contribution < -0.4 is 0 Å². The predicted molar refractivity (Wildman–Crippen MR) is 119 cm³/mol. The van der Waals surface area contributed by atoms with Crippen LogP contribution in [0, 0.1) is 0 Å². The molecule has 0 heterocycles. The minimum absolute atomic E-state index is 0.119. The van der Waals surface area contributed by atoms with Crippen molar-refractivity contribution in [3.8, 4) is 0 Å². The summed E-state index contributed by atoms with van der Waals surface area (Å²) in [7, 11) is -4.26. The molecule has 1 N–H and O–H groups in total. The van der Waals surface area contributed by atoms with Gasteiger partial charge in [0, 0.05) is 5.39 Å². The van der Waals surface area contributed by atoms with Gasteiger partial charge in [0.1, 0.15) is 4.90 Å². The molecule has 0 saturated carbocycles. The maximum absolute atomic E-state index is 12.2. The van der Waals surface area contributed by atoms with Gasteiger partial charge in [-0.3, -0.25) is 4.55 Å². The lowest BCUT2D eigenvalue weighted by Gasteiger charge is -2.12. The highest BCUT2D eigenvalue weighted by atomic mass is 32.2. The zero-order valence-electron chi connectivity index (χ0n) is 17.5. The van der Waals surface area contributed by atoms with E-state index in [-0.39, 0.29) is 4.90 Å². The van der Waals surface area contributed by atoms with Gasteiger partial charge in [-0.1, -0.05) is 89.5 Å². The first-order valence-electron chi connectivity index (χ1n) is 11.0. The number of aryl methyl sites for hydroxylation is 2. The number of rotatable bonds is 13. The first-order valence-corrected chi connectivity index (χ1v) is 12.4. The molecule has 2 aromatic carbocycles. The van der Waals surface area contributed by atoms with Crippen LogP contribution in [0.2, 0.25) is 0 Å². The lowest BCUT2D eigenvalue weighted by molar-refractivity contribution is 0.483. The molecule has 156 valence electrons. The molecular weight excluding hydrogens is 368 g/mol. The molecule has 0 unspecified atom stereocenters. The summed E-state index contributed by atoms with van der Waals surface area (Å²) in [5.41, 5.74) is 1.89. The van der Waals surface area contributed by atoms with E-state index in [4.69, 9.17) is 0 Å². The molecule has 0 amide bonds. The fraction of sp³-hybridized carbons (Fsp3) is 0.583. The minimum atomic E-state index is -4.26. The maximum atomic E-state index is 12.2. The van der Waals surface area contributed by atoms with Gasteiger partial charge in [-0.05, 0) is 48.3 Å². The van der Waals surface area contributed by atoms with Crippen LogP contribution in [0.3, 0.4) is 0 Å². The van der Waals surface area contributed by atoms with Crippen molar-refractivity contribution in [1.82, 2.24) is 0 Å². The van der Waals surface area contributed by atoms with Crippen LogP contribution in [0.5, 0.6) is 0 Å². The molecule has 0 atom stereocenters. The predicted octanol–water partition coefficient (Wildman–Crippen LogP) is 7.11. The molecule has 0 fully saturated rings. The van der Waals surface area contributed by atoms with Crippen molar-refractivity contribution in [2.24, 2.45) is 0 Å². The Bertz CT molecular complexity index is 835. The summed E-state index contributed by atoms with van der Waals surface area (Å²) in [4.78, 5) is 0.119. The third kappa shape index (κ3) is 6.89. The zero-order chi connectivity index (χ0) is 20.4. The summed E-state index contributed by atoms with van der Waals surface area (Å²) < 4.78 is 34.3. The van der Waals surface area contributed by atoms with Crippen molar-refractivity contribution in [2.75, 3.05) is 0 Å². The summed E-state index contributed by atoms with van der Waals surface area (Å²) in [5, 5.41) is 1.54. The lowest BCUT2D eigenvalue weighted by atomic mass is 9.98. The smallest absolute Gasteiger partial charge is 0.282 e. The Morgan fingerprint density at radius 1 is 0.750 bits per heavy atom. The number of benzene rings is 2. The molecule has 0 bridgehead atoms. The largest absolute Gasteiger partial charge is 0.295 e. The number of hydrogen-bond donors (Lipinski definition) is 1. The molecule has 0 saturated heterocycles. The fourth-order valence-corrected chi connectivity index (χ4v) is 4.85. The van der Waals surface area contributed by atoms with Crippen LogP contribution in [-0.4, -0.2) is 13.0 Å². The zero-order valence-corrected chi connectivity index (χ0v) is 18.4. The summed E-state index contributed by atoms with van der Waals surface area (Å²) in [6, 6.07) is 9.89. The second-order valence-electron chi connectivity index (χ2n) is 7.91. The van der Waals surface area contributed by atoms with Crippen LogP contribution in [0.4, 0.5) is 0 Å². The Morgan fingerprint density at radius 2 is 1.32 bits per heavy atom. The summed E-state index contributed by atoms with van der Waals surface area (Å²) >= 11 is 0. The Kier molecular flexibility index (Phi) is 9.46. The van der Waals surface area contributed by atoms with Crippen molar-refractivity contribution in [3.05, 3.63) is 41.5 Å². The van der Waals surface area contributed by atoms with E-state index in [0.29, 0.717) is 11.8 Å². The van der Waals surface area contributed by atoms with Crippen LogP contribution >= 0.6 is 0 Å². The van der Waals surface area contributed by atoms with E-state index in [1.165, 1.54) is 44.9 Å². The minimum Gasteiger partial charge on any atom is -0.282 e. The average molecular weight is 405 g/mol. The number of hydrogen-bond acceptors (Lipinski definition) is 2. The number of fused-ring (bicyclic) bond motifs is 1. The maximum Gasteiger partial charge on any atom is 0.295 e. The van der Waals surface area contributed by atoms with Gasteiger partial charge in [-0.25, -0.2) is 0 Å². The molecule has 0 aliphatic carbocycles. The highest BCUT2D eigenvalue weighted by molar-refractivity contribution is 7.86. The summed E-state index contributed by atoms with van der Waals surface area (Å²) in [5.74, 6) is 0. The van der Waals surface area contributed by atoms with E-state index in [0.717, 1.165) is 42.2 Å². The van der Waals surface area contributed by atoms with Crippen LogP contribution in [0.15, 0.2) is 35.2 Å². The summed E-state index contributed by atoms with van der Waals surface area (Å²) in [6.45, 7) is 4.39. The van der Waals surface area contributed by atoms with Gasteiger partial charge >= 0.3 is 0 Å². The second-order valence-corrected chi connectivity index (χ2v) is 9.27. The van der Waals surface area contributed by atoms with Gasteiger partial charge < -0.3 is 0 Å². The van der Waals surface area contributed by atoms with Gasteiger partial charge in [-0.15, -0.1) is 0 Å². The van der Waals surface area contributed by atoms with E-state index < -0.39 is 10.1 Å². The van der Waals surface area contributed by atoms with E-state index in [9.17, 15) is 13.0 Å². The van der Waals surface area contributed by atoms with Gasteiger partial charge in [0.25, 0.3) is 10.1 Å². The molecule has 2 rings (SSSR count). The standard InChI is InChI=1S/C24H36O3S/c1-3-5-7-9-11-13-20-15-16-21-17-18-22(14-12-10-8-6-4-2)24(23(21)19-20)28(25,26)27/h15-19H,3-14H2,1-2H3,(H,25,26,27). The topological polar surface area (TPSA) is 54.4 Å². The van der Waals surface area contributed by atoms with E-state index in [1.54, 1.807) is 0 Å². The highest BCUT2D eigenvalue weighted by Gasteiger charge is 2.19. The van der Waals surface area contributed by atoms with Gasteiger partial charge in [0.05, 0.1) is 0 Å². The second kappa shape index (κ2) is 11.6. The van der Waals surface area contributed by atoms with Crippen LogP contribution in [0.1, 0.15) is 89.2 Å². The molecular formula is C24H36O3S. The Hall–Kier alpha value is -1.39.